The number of likely N-dealkylation sites (tertiary alicyclic amines) is 1. The molecule has 2 amide bonds. The maximum absolute atomic E-state index is 13.5. The number of pyridine rings is 1. The second kappa shape index (κ2) is 11.9. The Morgan fingerprint density at radius 2 is 1.74 bits per heavy atom. The van der Waals surface area contributed by atoms with Gasteiger partial charge in [0.25, 0.3) is 17.5 Å². The van der Waals surface area contributed by atoms with E-state index in [9.17, 15) is 19.7 Å². The molecule has 2 fully saturated rings. The topological polar surface area (TPSA) is 117 Å². The number of benzene rings is 2. The zero-order valence-electron chi connectivity index (χ0n) is 21.3. The third kappa shape index (κ3) is 6.01. The Bertz CT molecular complexity index is 1430. The molecule has 39 heavy (non-hydrogen) atoms. The molecule has 0 radical (unpaired) electrons. The van der Waals surface area contributed by atoms with E-state index in [2.05, 4.69) is 31.5 Å². The summed E-state index contributed by atoms with van der Waals surface area (Å²) in [4.78, 5) is 44.6. The van der Waals surface area contributed by atoms with E-state index in [1.54, 1.807) is 35.4 Å². The van der Waals surface area contributed by atoms with Gasteiger partial charge in [-0.05, 0) is 55.7 Å². The number of nitrogens with zero attached hydrogens (tertiary/aromatic N) is 3. The van der Waals surface area contributed by atoms with E-state index in [0.29, 0.717) is 41.0 Å². The Hall–Kier alpha value is -3.24. The molecule has 2 N–H and O–H groups in total. The molecule has 1 saturated heterocycles. The average Bonchev–Trinajstić information content (AvgIpc) is 2.94. The largest absolute Gasteiger partial charge is 0.374 e. The van der Waals surface area contributed by atoms with Crippen molar-refractivity contribution in [2.45, 2.75) is 57.0 Å². The van der Waals surface area contributed by atoms with Crippen molar-refractivity contribution in [3.8, 4) is 0 Å². The number of piperidine rings is 1. The number of nitro groups is 1. The number of hydrogen-bond donors (Lipinski definition) is 2. The quantitative estimate of drug-likeness (QED) is 0.247. The van der Waals surface area contributed by atoms with Crippen LogP contribution in [0.4, 0.5) is 11.4 Å². The second-order valence-electron chi connectivity index (χ2n) is 10.1. The minimum atomic E-state index is -0.469. The third-order valence-electron chi connectivity index (χ3n) is 7.53. The minimum absolute atomic E-state index is 0.171. The van der Waals surface area contributed by atoms with Crippen LogP contribution >= 0.6 is 27.5 Å². The van der Waals surface area contributed by atoms with Crippen molar-refractivity contribution in [2.75, 3.05) is 18.4 Å². The Morgan fingerprint density at radius 3 is 2.49 bits per heavy atom. The molecule has 2 heterocycles. The summed E-state index contributed by atoms with van der Waals surface area (Å²) in [5, 5.41) is 20.6. The molecule has 204 valence electrons. The lowest BCUT2D eigenvalue weighted by Crippen LogP contribution is -2.49. The highest BCUT2D eigenvalue weighted by Gasteiger charge is 2.33. The summed E-state index contributed by atoms with van der Waals surface area (Å²) in [5.74, 6) is -0.498. The third-order valence-corrected chi connectivity index (χ3v) is 8.22. The summed E-state index contributed by atoms with van der Waals surface area (Å²) < 4.78 is 0.470. The highest BCUT2D eigenvalue weighted by molar-refractivity contribution is 9.10. The van der Waals surface area contributed by atoms with Crippen LogP contribution in [0, 0.1) is 10.1 Å². The highest BCUT2D eigenvalue weighted by atomic mass is 79.9. The normalized spacial score (nSPS) is 19.5. The molecular formula is C28H29BrClN5O4. The lowest BCUT2D eigenvalue weighted by atomic mass is 9.89. The van der Waals surface area contributed by atoms with E-state index in [1.165, 1.54) is 12.3 Å². The van der Waals surface area contributed by atoms with Crippen LogP contribution in [0.2, 0.25) is 5.02 Å². The first-order valence-electron chi connectivity index (χ1n) is 13.2. The fraction of sp³-hybridized carbons (Fsp3) is 0.393. The first-order chi connectivity index (χ1) is 18.8. The summed E-state index contributed by atoms with van der Waals surface area (Å²) in [5.41, 5.74) is 0.731. The van der Waals surface area contributed by atoms with Gasteiger partial charge in [-0.3, -0.25) is 24.7 Å². The van der Waals surface area contributed by atoms with Crippen molar-refractivity contribution in [2.24, 2.45) is 0 Å². The minimum Gasteiger partial charge on any atom is -0.374 e. The van der Waals surface area contributed by atoms with Crippen LogP contribution in [0.5, 0.6) is 0 Å². The SMILES string of the molecule is O=C(N[C@H]1CCCC[C@H]1Nc1c(C(=O)N2CCCCC2)cc(Br)cc1[N+](=O)[O-])c1cncc2cc(Cl)ccc12. The van der Waals surface area contributed by atoms with Crippen molar-refractivity contribution in [1.29, 1.82) is 0 Å². The van der Waals surface area contributed by atoms with Crippen molar-refractivity contribution in [1.82, 2.24) is 15.2 Å². The van der Waals surface area contributed by atoms with E-state index in [0.717, 1.165) is 42.9 Å². The van der Waals surface area contributed by atoms with Gasteiger partial charge in [0.05, 0.1) is 16.1 Å². The van der Waals surface area contributed by atoms with Crippen LogP contribution in [-0.4, -0.2) is 51.8 Å². The number of anilines is 1. The van der Waals surface area contributed by atoms with E-state index in [1.807, 2.05) is 0 Å². The highest BCUT2D eigenvalue weighted by Crippen LogP contribution is 2.36. The molecule has 11 heteroatoms. The molecule has 0 unspecified atom stereocenters. The Morgan fingerprint density at radius 1 is 1.00 bits per heavy atom. The summed E-state index contributed by atoms with van der Waals surface area (Å²) in [7, 11) is 0. The molecule has 2 aliphatic rings. The predicted octanol–water partition coefficient (Wildman–Crippen LogP) is 6.34. The van der Waals surface area contributed by atoms with Crippen LogP contribution in [0.25, 0.3) is 10.8 Å². The zero-order valence-corrected chi connectivity index (χ0v) is 23.6. The molecular weight excluding hydrogens is 586 g/mol. The lowest BCUT2D eigenvalue weighted by molar-refractivity contribution is -0.384. The number of carbonyl (C=O) groups is 2. The predicted molar refractivity (Wildman–Crippen MR) is 154 cm³/mol. The monoisotopic (exact) mass is 613 g/mol. The van der Waals surface area contributed by atoms with Gasteiger partial charge in [-0.2, -0.15) is 0 Å². The maximum atomic E-state index is 13.5. The molecule has 0 bridgehead atoms. The van der Waals surface area contributed by atoms with Crippen molar-refractivity contribution in [3.05, 3.63) is 73.5 Å². The van der Waals surface area contributed by atoms with E-state index in [-0.39, 0.29) is 40.8 Å². The molecule has 3 aromatic rings. The molecule has 0 spiro atoms. The molecule has 1 aliphatic heterocycles. The summed E-state index contributed by atoms with van der Waals surface area (Å²) in [6.45, 7) is 1.26. The molecule has 1 aliphatic carbocycles. The summed E-state index contributed by atoms with van der Waals surface area (Å²) >= 11 is 9.47. The fourth-order valence-electron chi connectivity index (χ4n) is 5.56. The second-order valence-corrected chi connectivity index (χ2v) is 11.5. The van der Waals surface area contributed by atoms with E-state index in [4.69, 9.17) is 11.6 Å². The first-order valence-corrected chi connectivity index (χ1v) is 14.4. The number of nitrogens with one attached hydrogen (secondary N) is 2. The van der Waals surface area contributed by atoms with Gasteiger partial charge >= 0.3 is 0 Å². The molecule has 1 saturated carbocycles. The number of carbonyl (C=O) groups excluding carboxylic acids is 2. The number of aromatic nitrogens is 1. The molecule has 5 rings (SSSR count). The molecule has 1 aromatic heterocycles. The number of nitro benzene ring substituents is 1. The average molecular weight is 615 g/mol. The number of halogens is 2. The van der Waals surface area contributed by atoms with Gasteiger partial charge in [0.1, 0.15) is 5.69 Å². The molecule has 9 nitrogen and oxygen atoms in total. The Kier molecular flexibility index (Phi) is 8.32. The van der Waals surface area contributed by atoms with Gasteiger partial charge in [-0.1, -0.05) is 46.4 Å². The van der Waals surface area contributed by atoms with Crippen LogP contribution in [0.1, 0.15) is 65.7 Å². The number of fused-ring (bicyclic) bond motifs is 1. The first kappa shape index (κ1) is 27.3. The van der Waals surface area contributed by atoms with Crippen LogP contribution < -0.4 is 10.6 Å². The number of rotatable bonds is 6. The smallest absolute Gasteiger partial charge is 0.294 e. The van der Waals surface area contributed by atoms with Gasteiger partial charge in [0.2, 0.25) is 0 Å². The standard InChI is InChI=1S/C28H29BrClN5O4/c29-18-13-21(28(37)34-10-4-1-5-11-34)26(25(14-18)35(38)39)32-23-6-2-3-7-24(23)33-27(36)22-16-31-15-17-12-19(30)8-9-20(17)22/h8-9,12-16,23-24,32H,1-7,10-11H2,(H,33,36)/t23-,24+/m1/s1. The van der Waals surface area contributed by atoms with Gasteiger partial charge < -0.3 is 15.5 Å². The van der Waals surface area contributed by atoms with E-state index < -0.39 is 4.92 Å². The van der Waals surface area contributed by atoms with Gasteiger partial charge in [0.15, 0.2) is 0 Å². The van der Waals surface area contributed by atoms with Crippen molar-refractivity contribution in [3.63, 3.8) is 0 Å². The van der Waals surface area contributed by atoms with Gasteiger partial charge in [0, 0.05) is 58.5 Å². The van der Waals surface area contributed by atoms with Crippen molar-refractivity contribution >= 4 is 61.5 Å². The summed E-state index contributed by atoms with van der Waals surface area (Å²) in [6, 6.07) is 7.77. The number of amides is 2. The van der Waals surface area contributed by atoms with Crippen molar-refractivity contribution < 1.29 is 14.5 Å². The Balaban J connectivity index is 1.44. The van der Waals surface area contributed by atoms with Gasteiger partial charge in [-0.15, -0.1) is 0 Å². The fourth-order valence-corrected chi connectivity index (χ4v) is 6.19. The molecule has 2 aromatic carbocycles. The van der Waals surface area contributed by atoms with E-state index >= 15 is 0 Å². The molecule has 2 atom stereocenters. The van der Waals surface area contributed by atoms with Crippen LogP contribution in [-0.2, 0) is 0 Å². The summed E-state index contributed by atoms with van der Waals surface area (Å²) in [6.07, 6.45) is 9.30. The lowest BCUT2D eigenvalue weighted by Gasteiger charge is -2.34. The zero-order chi connectivity index (χ0) is 27.5. The van der Waals surface area contributed by atoms with Gasteiger partial charge in [-0.25, -0.2) is 0 Å². The number of hydrogen-bond acceptors (Lipinski definition) is 6. The maximum Gasteiger partial charge on any atom is 0.294 e. The van der Waals surface area contributed by atoms with Crippen LogP contribution in [0.15, 0.2) is 47.2 Å². The van der Waals surface area contributed by atoms with Crippen LogP contribution in [0.3, 0.4) is 0 Å². The Labute approximate surface area is 239 Å².